The van der Waals surface area contributed by atoms with Crippen molar-refractivity contribution in [2.24, 2.45) is 5.92 Å². The van der Waals surface area contributed by atoms with E-state index in [1.54, 1.807) is 0 Å². The van der Waals surface area contributed by atoms with Crippen LogP contribution in [0, 0.1) is 5.92 Å². The smallest absolute Gasteiger partial charge is 0.282 e. The predicted molar refractivity (Wildman–Crippen MR) is 83.1 cm³/mol. The van der Waals surface area contributed by atoms with Crippen LogP contribution >= 0.6 is 0 Å². The number of rotatable bonds is 8. The lowest BCUT2D eigenvalue weighted by atomic mass is 9.92. The summed E-state index contributed by atoms with van der Waals surface area (Å²) in [7, 11) is -9.50. The molecule has 0 fully saturated rings. The fraction of sp³-hybridized carbons (Fsp3) is 0.571. The van der Waals surface area contributed by atoms with Gasteiger partial charge in [-0.25, -0.2) is 0 Å². The first-order valence-corrected chi connectivity index (χ1v) is 10.1. The summed E-state index contributed by atoms with van der Waals surface area (Å²) in [6.45, 7) is 4.02. The molecule has 0 spiro atoms. The molecule has 1 unspecified atom stereocenters. The summed E-state index contributed by atoms with van der Waals surface area (Å²) in [5, 5.41) is 0. The van der Waals surface area contributed by atoms with Gasteiger partial charge in [0, 0.05) is 0 Å². The van der Waals surface area contributed by atoms with Crippen LogP contribution in [-0.2, 0) is 26.7 Å². The van der Waals surface area contributed by atoms with Crippen molar-refractivity contribution >= 4 is 20.2 Å². The quantitative estimate of drug-likeness (QED) is 0.698. The van der Waals surface area contributed by atoms with E-state index in [-0.39, 0.29) is 11.5 Å². The van der Waals surface area contributed by atoms with Gasteiger partial charge in [-0.1, -0.05) is 51.7 Å². The van der Waals surface area contributed by atoms with Crippen LogP contribution in [0.5, 0.6) is 0 Å². The Morgan fingerprint density at radius 2 is 1.68 bits per heavy atom. The van der Waals surface area contributed by atoms with Crippen LogP contribution in [0.15, 0.2) is 28.0 Å². The minimum Gasteiger partial charge on any atom is -0.282 e. The van der Waals surface area contributed by atoms with E-state index in [0.29, 0.717) is 6.42 Å². The van der Waals surface area contributed by atoms with Gasteiger partial charge in [0.1, 0.15) is 9.79 Å². The summed E-state index contributed by atoms with van der Waals surface area (Å²) in [6.07, 6.45) is 4.01. The van der Waals surface area contributed by atoms with E-state index in [1.807, 2.05) is 6.92 Å². The van der Waals surface area contributed by atoms with Gasteiger partial charge in [0.2, 0.25) is 0 Å². The first kappa shape index (κ1) is 19.1. The molecule has 0 radical (unpaired) electrons. The van der Waals surface area contributed by atoms with Crippen LogP contribution in [0.1, 0.15) is 45.1 Å². The van der Waals surface area contributed by atoms with E-state index in [0.717, 1.165) is 31.7 Å². The molecule has 0 aromatic heterocycles. The second-order valence-electron chi connectivity index (χ2n) is 5.32. The molecule has 0 aliphatic carbocycles. The molecule has 0 aliphatic heterocycles. The topological polar surface area (TPSA) is 109 Å². The van der Waals surface area contributed by atoms with Crippen LogP contribution in [0.3, 0.4) is 0 Å². The molecule has 1 rings (SSSR count). The zero-order valence-corrected chi connectivity index (χ0v) is 14.3. The maximum atomic E-state index is 11.6. The van der Waals surface area contributed by atoms with Gasteiger partial charge < -0.3 is 0 Å². The second kappa shape index (κ2) is 7.54. The zero-order valence-electron chi connectivity index (χ0n) is 12.7. The monoisotopic (exact) mass is 350 g/mol. The highest BCUT2D eigenvalue weighted by atomic mass is 32.2. The lowest BCUT2D eigenvalue weighted by Gasteiger charge is -2.17. The zero-order chi connectivity index (χ0) is 17.0. The third-order valence-corrected chi connectivity index (χ3v) is 5.67. The average molecular weight is 350 g/mol. The van der Waals surface area contributed by atoms with Crippen LogP contribution < -0.4 is 0 Å². The second-order valence-corrected chi connectivity index (χ2v) is 8.06. The molecule has 0 amide bonds. The van der Waals surface area contributed by atoms with E-state index < -0.39 is 30.0 Å². The van der Waals surface area contributed by atoms with Gasteiger partial charge in [0.15, 0.2) is 0 Å². The van der Waals surface area contributed by atoms with E-state index in [1.165, 1.54) is 12.1 Å². The molecule has 0 saturated carbocycles. The van der Waals surface area contributed by atoms with E-state index >= 15 is 0 Å². The highest BCUT2D eigenvalue weighted by Gasteiger charge is 2.27. The Hall–Kier alpha value is -0.960. The Morgan fingerprint density at radius 3 is 2.14 bits per heavy atom. The fourth-order valence-corrected chi connectivity index (χ4v) is 4.53. The summed E-state index contributed by atoms with van der Waals surface area (Å²) in [6, 6.07) is 3.79. The lowest BCUT2D eigenvalue weighted by Crippen LogP contribution is -2.14. The standard InChI is InChI=1S/C14H22O6S2/c1-3-5-7-11(4-2)10-12-8-6-9-13(21(15,16)17)14(12)22(18,19)20/h6,8-9,11H,3-5,7,10H2,1-2H3,(H,15,16,17)(H,18,19,20). The largest absolute Gasteiger partial charge is 0.296 e. The van der Waals surface area contributed by atoms with Crippen LogP contribution in [0.25, 0.3) is 0 Å². The molecule has 6 nitrogen and oxygen atoms in total. The van der Waals surface area contributed by atoms with Gasteiger partial charge in [0.05, 0.1) is 0 Å². The van der Waals surface area contributed by atoms with Crippen molar-refractivity contribution in [2.45, 2.75) is 55.7 Å². The molecule has 1 atom stereocenters. The first-order valence-electron chi connectivity index (χ1n) is 7.18. The van der Waals surface area contributed by atoms with Gasteiger partial charge >= 0.3 is 0 Å². The van der Waals surface area contributed by atoms with Crippen LogP contribution in [0.4, 0.5) is 0 Å². The van der Waals surface area contributed by atoms with Crippen LogP contribution in [0.2, 0.25) is 0 Å². The third-order valence-electron chi connectivity index (χ3n) is 3.65. The van der Waals surface area contributed by atoms with Crippen molar-refractivity contribution in [3.05, 3.63) is 23.8 Å². The molecule has 126 valence electrons. The summed E-state index contributed by atoms with van der Waals surface area (Å²) < 4.78 is 64.4. The molecular formula is C14H22O6S2. The molecule has 1 aromatic rings. The van der Waals surface area contributed by atoms with Crippen molar-refractivity contribution in [3.63, 3.8) is 0 Å². The van der Waals surface area contributed by atoms with Gasteiger partial charge in [0.25, 0.3) is 20.2 Å². The Kier molecular flexibility index (Phi) is 6.54. The van der Waals surface area contributed by atoms with E-state index in [9.17, 15) is 25.9 Å². The minimum atomic E-state index is -4.76. The van der Waals surface area contributed by atoms with Gasteiger partial charge in [-0.3, -0.25) is 9.11 Å². The lowest BCUT2D eigenvalue weighted by molar-refractivity contribution is 0.438. The van der Waals surface area contributed by atoms with Gasteiger partial charge in [-0.05, 0) is 24.0 Å². The average Bonchev–Trinajstić information content (AvgIpc) is 2.41. The highest BCUT2D eigenvalue weighted by Crippen LogP contribution is 2.28. The number of hydrogen-bond acceptors (Lipinski definition) is 4. The Balaban J connectivity index is 3.37. The minimum absolute atomic E-state index is 0.178. The van der Waals surface area contributed by atoms with Crippen molar-refractivity contribution in [1.82, 2.24) is 0 Å². The SMILES string of the molecule is CCCCC(CC)Cc1cccc(S(=O)(=O)O)c1S(=O)(=O)O. The van der Waals surface area contributed by atoms with E-state index in [4.69, 9.17) is 0 Å². The summed E-state index contributed by atoms with van der Waals surface area (Å²) >= 11 is 0. The molecule has 0 bridgehead atoms. The molecular weight excluding hydrogens is 328 g/mol. The van der Waals surface area contributed by atoms with Crippen molar-refractivity contribution < 1.29 is 25.9 Å². The number of unbranched alkanes of at least 4 members (excludes halogenated alkanes) is 1. The number of hydrogen-bond donors (Lipinski definition) is 2. The van der Waals surface area contributed by atoms with Crippen LogP contribution in [-0.4, -0.2) is 25.9 Å². The van der Waals surface area contributed by atoms with Crippen molar-refractivity contribution in [2.75, 3.05) is 0 Å². The first-order chi connectivity index (χ1) is 10.1. The van der Waals surface area contributed by atoms with Crippen molar-refractivity contribution in [3.8, 4) is 0 Å². The highest BCUT2D eigenvalue weighted by molar-refractivity contribution is 7.89. The molecule has 0 saturated heterocycles. The van der Waals surface area contributed by atoms with Gasteiger partial charge in [-0.2, -0.15) is 16.8 Å². The van der Waals surface area contributed by atoms with Gasteiger partial charge in [-0.15, -0.1) is 0 Å². The Bertz CT molecular complexity index is 707. The summed E-state index contributed by atoms with van der Waals surface area (Å²) in [5.74, 6) is 0.178. The third kappa shape index (κ3) is 5.05. The molecule has 2 N–H and O–H groups in total. The Labute approximate surface area is 132 Å². The summed E-state index contributed by atoms with van der Waals surface area (Å²) in [4.78, 5) is -1.50. The fourth-order valence-electron chi connectivity index (χ4n) is 2.47. The Morgan fingerprint density at radius 1 is 1.05 bits per heavy atom. The van der Waals surface area contributed by atoms with Crippen molar-refractivity contribution in [1.29, 1.82) is 0 Å². The number of benzene rings is 1. The molecule has 1 aromatic carbocycles. The molecule has 8 heteroatoms. The maximum Gasteiger partial charge on any atom is 0.296 e. The molecule has 22 heavy (non-hydrogen) atoms. The molecule has 0 heterocycles. The summed E-state index contributed by atoms with van der Waals surface area (Å²) in [5.41, 5.74) is 0.209. The molecule has 0 aliphatic rings. The normalized spacial score (nSPS) is 14.0. The predicted octanol–water partition coefficient (Wildman–Crippen LogP) is 2.94. The van der Waals surface area contributed by atoms with E-state index in [2.05, 4.69) is 6.92 Å². The maximum absolute atomic E-state index is 11.6.